The van der Waals surface area contributed by atoms with Gasteiger partial charge in [0.2, 0.25) is 0 Å². The van der Waals surface area contributed by atoms with Crippen LogP contribution in [-0.4, -0.2) is 47.5 Å². The molecule has 0 aliphatic rings. The van der Waals surface area contributed by atoms with Crippen LogP contribution in [0.3, 0.4) is 0 Å². The van der Waals surface area contributed by atoms with Crippen LogP contribution in [0.2, 0.25) is 0 Å². The first-order valence-electron chi connectivity index (χ1n) is 5.18. The summed E-state index contributed by atoms with van der Waals surface area (Å²) >= 11 is 1.60. The number of rotatable bonds is 7. The Morgan fingerprint density at radius 2 is 2.35 bits per heavy atom. The van der Waals surface area contributed by atoms with Gasteiger partial charge in [-0.2, -0.15) is 0 Å². The van der Waals surface area contributed by atoms with E-state index < -0.39 is 6.03 Å². The van der Waals surface area contributed by atoms with Gasteiger partial charge in [0.1, 0.15) is 0 Å². The maximum absolute atomic E-state index is 11.1. The fourth-order valence-electron chi connectivity index (χ4n) is 1.25. The molecule has 1 aromatic heterocycles. The van der Waals surface area contributed by atoms with Gasteiger partial charge in [0.15, 0.2) is 0 Å². The second-order valence-electron chi connectivity index (χ2n) is 3.26. The number of aliphatic hydroxyl groups is 1. The molecular weight excluding hydrogens is 244 g/mol. The van der Waals surface area contributed by atoms with Crippen LogP contribution in [0.1, 0.15) is 4.88 Å². The van der Waals surface area contributed by atoms with E-state index in [1.165, 1.54) is 10.4 Å². The second kappa shape index (κ2) is 8.02. The van der Waals surface area contributed by atoms with Gasteiger partial charge in [0.25, 0.3) is 0 Å². The van der Waals surface area contributed by atoms with Crippen molar-refractivity contribution in [2.45, 2.75) is 6.61 Å². The maximum Gasteiger partial charge on any atom is 0.341 e. The Hall–Kier alpha value is -1.15. The molecule has 1 rings (SSSR count). The van der Waals surface area contributed by atoms with Crippen molar-refractivity contribution < 1.29 is 19.8 Å². The summed E-state index contributed by atoms with van der Waals surface area (Å²) in [4.78, 5) is 13.5. The number of nitrogens with zero attached hydrogens (tertiary/aromatic N) is 1. The molecule has 7 heteroatoms. The third-order valence-electron chi connectivity index (χ3n) is 2.08. The molecule has 0 spiro atoms. The van der Waals surface area contributed by atoms with Crippen LogP contribution in [0, 0.1) is 0 Å². The SMILES string of the molecule is O=C(NO)N(CCO)CCOCc1cccs1. The number of amides is 2. The van der Waals surface area contributed by atoms with Crippen LogP contribution < -0.4 is 5.48 Å². The molecular formula is C10H16N2O4S. The Balaban J connectivity index is 2.20. The van der Waals surface area contributed by atoms with Crippen LogP contribution in [0.25, 0.3) is 0 Å². The van der Waals surface area contributed by atoms with Crippen molar-refractivity contribution >= 4 is 17.4 Å². The quantitative estimate of drug-likeness (QED) is 0.382. The minimum atomic E-state index is -0.640. The van der Waals surface area contributed by atoms with E-state index in [0.29, 0.717) is 19.8 Å². The second-order valence-corrected chi connectivity index (χ2v) is 4.29. The number of carbonyl (C=O) groups excluding carboxylic acids is 1. The molecule has 0 bridgehead atoms. The summed E-state index contributed by atoms with van der Waals surface area (Å²) in [6.07, 6.45) is 0. The molecule has 0 aliphatic heterocycles. The Labute approximate surface area is 103 Å². The molecule has 0 fully saturated rings. The number of hydroxylamine groups is 1. The van der Waals surface area contributed by atoms with E-state index in [2.05, 4.69) is 0 Å². The molecule has 1 aromatic rings. The highest BCUT2D eigenvalue weighted by Gasteiger charge is 2.11. The molecule has 6 nitrogen and oxygen atoms in total. The summed E-state index contributed by atoms with van der Waals surface area (Å²) < 4.78 is 5.37. The van der Waals surface area contributed by atoms with E-state index in [1.54, 1.807) is 11.3 Å². The minimum absolute atomic E-state index is 0.154. The number of hydrogen-bond acceptors (Lipinski definition) is 5. The molecule has 0 aromatic carbocycles. The first kappa shape index (κ1) is 13.9. The van der Waals surface area contributed by atoms with E-state index >= 15 is 0 Å². The lowest BCUT2D eigenvalue weighted by Crippen LogP contribution is -2.41. The zero-order valence-corrected chi connectivity index (χ0v) is 10.2. The number of ether oxygens (including phenoxy) is 1. The van der Waals surface area contributed by atoms with Gasteiger partial charge >= 0.3 is 6.03 Å². The van der Waals surface area contributed by atoms with Gasteiger partial charge in [0, 0.05) is 18.0 Å². The summed E-state index contributed by atoms with van der Waals surface area (Å²) in [6, 6.07) is 3.27. The first-order valence-corrected chi connectivity index (χ1v) is 6.06. The predicted octanol–water partition coefficient (Wildman–Crippen LogP) is 0.658. The van der Waals surface area contributed by atoms with Gasteiger partial charge in [-0.15, -0.1) is 11.3 Å². The normalized spacial score (nSPS) is 10.2. The molecule has 2 amide bonds. The van der Waals surface area contributed by atoms with Crippen molar-refractivity contribution in [2.24, 2.45) is 0 Å². The van der Waals surface area contributed by atoms with Gasteiger partial charge in [-0.3, -0.25) is 5.21 Å². The van der Waals surface area contributed by atoms with E-state index in [4.69, 9.17) is 15.1 Å². The molecule has 0 saturated carbocycles. The Morgan fingerprint density at radius 3 is 2.94 bits per heavy atom. The average molecular weight is 260 g/mol. The van der Waals surface area contributed by atoms with Gasteiger partial charge < -0.3 is 14.7 Å². The molecule has 0 radical (unpaired) electrons. The van der Waals surface area contributed by atoms with Crippen LogP contribution in [0.5, 0.6) is 0 Å². The minimum Gasteiger partial charge on any atom is -0.395 e. The highest BCUT2D eigenvalue weighted by atomic mass is 32.1. The fraction of sp³-hybridized carbons (Fsp3) is 0.500. The van der Waals surface area contributed by atoms with Crippen molar-refractivity contribution in [3.63, 3.8) is 0 Å². The maximum atomic E-state index is 11.1. The van der Waals surface area contributed by atoms with E-state index in [9.17, 15) is 4.79 Å². The van der Waals surface area contributed by atoms with Crippen LogP contribution in [0.4, 0.5) is 4.79 Å². The fourth-order valence-corrected chi connectivity index (χ4v) is 1.89. The van der Waals surface area contributed by atoms with Crippen molar-refractivity contribution in [3.8, 4) is 0 Å². The Morgan fingerprint density at radius 1 is 1.53 bits per heavy atom. The van der Waals surface area contributed by atoms with Crippen molar-refractivity contribution in [1.82, 2.24) is 10.4 Å². The van der Waals surface area contributed by atoms with Gasteiger partial charge in [0.05, 0.1) is 19.8 Å². The number of carbonyl (C=O) groups is 1. The highest BCUT2D eigenvalue weighted by Crippen LogP contribution is 2.09. The molecule has 1 heterocycles. The van der Waals surface area contributed by atoms with E-state index in [-0.39, 0.29) is 13.2 Å². The number of hydrogen-bond donors (Lipinski definition) is 3. The number of thiophene rings is 1. The number of nitrogens with one attached hydrogen (secondary N) is 1. The van der Waals surface area contributed by atoms with Gasteiger partial charge in [-0.05, 0) is 11.4 Å². The third-order valence-corrected chi connectivity index (χ3v) is 2.93. The summed E-state index contributed by atoms with van der Waals surface area (Å²) in [7, 11) is 0. The molecule has 0 unspecified atom stereocenters. The molecule has 0 aliphatic carbocycles. The lowest BCUT2D eigenvalue weighted by Gasteiger charge is -2.20. The van der Waals surface area contributed by atoms with Crippen LogP contribution in [-0.2, 0) is 11.3 Å². The zero-order chi connectivity index (χ0) is 12.5. The summed E-state index contributed by atoms with van der Waals surface area (Å²) in [6.45, 7) is 1.18. The predicted molar refractivity (Wildman–Crippen MR) is 63.0 cm³/mol. The first-order chi connectivity index (χ1) is 8.27. The molecule has 17 heavy (non-hydrogen) atoms. The van der Waals surface area contributed by atoms with Crippen molar-refractivity contribution in [3.05, 3.63) is 22.4 Å². The molecule has 96 valence electrons. The summed E-state index contributed by atoms with van der Waals surface area (Å²) in [5, 5.41) is 19.2. The van der Waals surface area contributed by atoms with E-state index in [1.807, 2.05) is 17.5 Å². The zero-order valence-electron chi connectivity index (χ0n) is 9.33. The lowest BCUT2D eigenvalue weighted by atomic mass is 10.5. The number of urea groups is 1. The topological polar surface area (TPSA) is 82.0 Å². The standard InChI is InChI=1S/C10H16N2O4S/c13-5-3-12(10(14)11-15)4-6-16-8-9-2-1-7-17-9/h1-2,7,13,15H,3-6,8H2,(H,11,14). The Bertz CT molecular complexity index is 318. The smallest absolute Gasteiger partial charge is 0.341 e. The molecule has 0 atom stereocenters. The molecule has 0 saturated heterocycles. The van der Waals surface area contributed by atoms with E-state index in [0.717, 1.165) is 4.88 Å². The Kier molecular flexibility index (Phi) is 6.56. The molecule has 3 N–H and O–H groups in total. The summed E-state index contributed by atoms with van der Waals surface area (Å²) in [5.41, 5.74) is 1.53. The summed E-state index contributed by atoms with van der Waals surface area (Å²) in [5.74, 6) is 0. The lowest BCUT2D eigenvalue weighted by molar-refractivity contribution is 0.0810. The van der Waals surface area contributed by atoms with Crippen molar-refractivity contribution in [1.29, 1.82) is 0 Å². The van der Waals surface area contributed by atoms with Gasteiger partial charge in [-0.1, -0.05) is 6.07 Å². The average Bonchev–Trinajstić information content (AvgIpc) is 2.85. The van der Waals surface area contributed by atoms with Crippen LogP contribution >= 0.6 is 11.3 Å². The number of aliphatic hydroxyl groups excluding tert-OH is 1. The third kappa shape index (κ3) is 5.14. The van der Waals surface area contributed by atoms with Crippen molar-refractivity contribution in [2.75, 3.05) is 26.3 Å². The largest absolute Gasteiger partial charge is 0.395 e. The van der Waals surface area contributed by atoms with Gasteiger partial charge in [-0.25, -0.2) is 10.3 Å². The highest BCUT2D eigenvalue weighted by molar-refractivity contribution is 7.09. The van der Waals surface area contributed by atoms with Crippen LogP contribution in [0.15, 0.2) is 17.5 Å². The monoisotopic (exact) mass is 260 g/mol.